The van der Waals surface area contributed by atoms with E-state index in [1.807, 2.05) is 82.4 Å². The average Bonchev–Trinajstić information content (AvgIpc) is 3.62. The number of para-hydroxylation sites is 2. The van der Waals surface area contributed by atoms with Crippen molar-refractivity contribution in [2.75, 3.05) is 0 Å². The van der Waals surface area contributed by atoms with Crippen LogP contribution in [0.5, 0.6) is 0 Å². The molecule has 3 amide bonds. The van der Waals surface area contributed by atoms with Gasteiger partial charge < -0.3 is 36.8 Å². The Kier molecular flexibility index (Phi) is 11.0. The maximum absolute atomic E-state index is 13.6. The van der Waals surface area contributed by atoms with Crippen LogP contribution >= 0.6 is 0 Å². The number of fused-ring (bicyclic) bond motifs is 2. The van der Waals surface area contributed by atoms with Crippen LogP contribution in [0, 0.1) is 11.8 Å². The molecule has 0 bridgehead atoms. The number of H-pyrrole nitrogens is 2. The van der Waals surface area contributed by atoms with E-state index in [-0.39, 0.29) is 31.1 Å². The van der Waals surface area contributed by atoms with Crippen LogP contribution in [0.15, 0.2) is 60.9 Å². The third kappa shape index (κ3) is 8.30. The minimum Gasteiger partial charge on any atom is -0.480 e. The second-order valence-electron chi connectivity index (χ2n) is 12.2. The van der Waals surface area contributed by atoms with Crippen LogP contribution in [0.25, 0.3) is 21.8 Å². The largest absolute Gasteiger partial charge is 0.480 e. The second-order valence-corrected chi connectivity index (χ2v) is 12.2. The maximum Gasteiger partial charge on any atom is 0.326 e. The molecule has 11 nitrogen and oxygen atoms in total. The molecule has 0 aliphatic rings. The summed E-state index contributed by atoms with van der Waals surface area (Å²) in [6, 6.07) is 11.2. The van der Waals surface area contributed by atoms with Crippen molar-refractivity contribution in [3.05, 3.63) is 72.1 Å². The summed E-state index contributed by atoms with van der Waals surface area (Å²) in [6.07, 6.45) is 4.77. The minimum atomic E-state index is -1.21. The zero-order valence-electron chi connectivity index (χ0n) is 26.2. The van der Waals surface area contributed by atoms with E-state index in [0.717, 1.165) is 32.9 Å². The summed E-state index contributed by atoms with van der Waals surface area (Å²) in [7, 11) is 0. The van der Waals surface area contributed by atoms with Gasteiger partial charge in [0.25, 0.3) is 0 Å². The number of aromatic amines is 2. The Morgan fingerprint density at radius 1 is 0.756 bits per heavy atom. The van der Waals surface area contributed by atoms with Crippen LogP contribution in [0.2, 0.25) is 0 Å². The van der Waals surface area contributed by atoms with Crippen LogP contribution in [-0.4, -0.2) is 62.9 Å². The third-order valence-electron chi connectivity index (χ3n) is 8.30. The second kappa shape index (κ2) is 14.9. The van der Waals surface area contributed by atoms with Crippen LogP contribution in [0.4, 0.5) is 0 Å². The van der Waals surface area contributed by atoms with E-state index in [0.29, 0.717) is 6.42 Å². The number of aliphatic carboxylic acids is 1. The summed E-state index contributed by atoms with van der Waals surface area (Å²) in [5, 5.41) is 20.1. The molecule has 0 radical (unpaired) electrons. The number of amides is 3. The number of nitrogens with one attached hydrogen (secondary N) is 5. The van der Waals surface area contributed by atoms with E-state index in [2.05, 4.69) is 25.9 Å². The molecule has 11 heteroatoms. The van der Waals surface area contributed by atoms with Gasteiger partial charge in [0.1, 0.15) is 18.1 Å². The molecular formula is C34H44N6O5. The average molecular weight is 617 g/mol. The summed E-state index contributed by atoms with van der Waals surface area (Å²) in [4.78, 5) is 58.9. The van der Waals surface area contributed by atoms with Crippen LogP contribution in [0.3, 0.4) is 0 Å². The standard InChI is InChI=1S/C34H44N6O5/c1-5-20(4)30(40-31(41)25(35)15-21-17-36-26-12-8-6-10-23(21)26)33(43)38-28(14-19(2)3)32(42)39-29(34(44)45)16-22-18-37-27-13-9-7-11-24(22)27/h6-13,17-20,25,28-30,36-37H,5,14-16,35H2,1-4H3,(H,38,43)(H,39,42)(H,40,41)(H,44,45). The molecule has 2 aromatic heterocycles. The van der Waals surface area contributed by atoms with Gasteiger partial charge in [0.05, 0.1) is 6.04 Å². The molecule has 2 aromatic carbocycles. The van der Waals surface area contributed by atoms with Gasteiger partial charge in [-0.3, -0.25) is 14.4 Å². The highest BCUT2D eigenvalue weighted by atomic mass is 16.4. The van der Waals surface area contributed by atoms with Crippen molar-refractivity contribution in [1.82, 2.24) is 25.9 Å². The molecule has 0 saturated heterocycles. The Morgan fingerprint density at radius 3 is 1.82 bits per heavy atom. The number of benzene rings is 2. The molecule has 0 saturated carbocycles. The minimum absolute atomic E-state index is 0.0131. The number of carboxylic acid groups (broad SMARTS) is 1. The fraction of sp³-hybridized carbons (Fsp3) is 0.412. The molecule has 45 heavy (non-hydrogen) atoms. The number of carbonyl (C=O) groups is 4. The number of nitrogens with two attached hydrogens (primary N) is 1. The number of hydrogen-bond donors (Lipinski definition) is 7. The topological polar surface area (TPSA) is 182 Å². The highest BCUT2D eigenvalue weighted by Crippen LogP contribution is 2.21. The lowest BCUT2D eigenvalue weighted by Gasteiger charge is -2.28. The summed E-state index contributed by atoms with van der Waals surface area (Å²) < 4.78 is 0. The highest BCUT2D eigenvalue weighted by molar-refractivity contribution is 5.95. The van der Waals surface area contributed by atoms with Gasteiger partial charge in [0, 0.05) is 40.6 Å². The fourth-order valence-electron chi connectivity index (χ4n) is 5.55. The first-order valence-corrected chi connectivity index (χ1v) is 15.5. The molecule has 4 aromatic rings. The number of hydrogen-bond acceptors (Lipinski definition) is 5. The first kappa shape index (κ1) is 33.3. The van der Waals surface area contributed by atoms with Gasteiger partial charge in [-0.15, -0.1) is 0 Å². The number of carbonyl (C=O) groups excluding carboxylic acids is 3. The number of aromatic nitrogens is 2. The normalized spacial score (nSPS) is 14.9. The predicted molar refractivity (Wildman–Crippen MR) is 174 cm³/mol. The zero-order chi connectivity index (χ0) is 32.7. The van der Waals surface area contributed by atoms with Crippen molar-refractivity contribution in [2.24, 2.45) is 17.6 Å². The molecule has 8 N–H and O–H groups in total. The van der Waals surface area contributed by atoms with Crippen molar-refractivity contribution < 1.29 is 24.3 Å². The Balaban J connectivity index is 1.45. The number of carboxylic acids is 1. The molecule has 0 spiro atoms. The van der Waals surface area contributed by atoms with E-state index < -0.39 is 47.9 Å². The van der Waals surface area contributed by atoms with Crippen molar-refractivity contribution in [3.8, 4) is 0 Å². The smallest absolute Gasteiger partial charge is 0.326 e. The first-order chi connectivity index (χ1) is 21.5. The lowest BCUT2D eigenvalue weighted by atomic mass is 9.95. The van der Waals surface area contributed by atoms with Gasteiger partial charge in [-0.2, -0.15) is 0 Å². The van der Waals surface area contributed by atoms with Gasteiger partial charge in [-0.1, -0.05) is 70.5 Å². The van der Waals surface area contributed by atoms with E-state index in [1.165, 1.54) is 0 Å². The molecule has 2 heterocycles. The molecule has 5 unspecified atom stereocenters. The highest BCUT2D eigenvalue weighted by Gasteiger charge is 2.33. The fourth-order valence-corrected chi connectivity index (χ4v) is 5.55. The third-order valence-corrected chi connectivity index (χ3v) is 8.30. The van der Waals surface area contributed by atoms with Gasteiger partial charge in [0.15, 0.2) is 0 Å². The Morgan fingerprint density at radius 2 is 1.29 bits per heavy atom. The molecule has 0 aliphatic heterocycles. The van der Waals surface area contributed by atoms with E-state index >= 15 is 0 Å². The summed E-state index contributed by atoms with van der Waals surface area (Å²) in [5.41, 5.74) is 9.76. The Hall–Kier alpha value is -4.64. The molecular weight excluding hydrogens is 572 g/mol. The Labute approximate surface area is 262 Å². The molecule has 0 fully saturated rings. The summed E-state index contributed by atoms with van der Waals surface area (Å²) in [5.74, 6) is -3.03. The summed E-state index contributed by atoms with van der Waals surface area (Å²) in [6.45, 7) is 7.56. The van der Waals surface area contributed by atoms with Crippen molar-refractivity contribution in [3.63, 3.8) is 0 Å². The van der Waals surface area contributed by atoms with Crippen molar-refractivity contribution in [2.45, 2.75) is 77.5 Å². The summed E-state index contributed by atoms with van der Waals surface area (Å²) >= 11 is 0. The van der Waals surface area contributed by atoms with Crippen molar-refractivity contribution >= 4 is 45.5 Å². The van der Waals surface area contributed by atoms with Crippen LogP contribution in [0.1, 0.15) is 51.7 Å². The van der Waals surface area contributed by atoms with Crippen LogP contribution < -0.4 is 21.7 Å². The van der Waals surface area contributed by atoms with Crippen molar-refractivity contribution in [1.29, 1.82) is 0 Å². The van der Waals surface area contributed by atoms with E-state index in [4.69, 9.17) is 5.73 Å². The van der Waals surface area contributed by atoms with E-state index in [1.54, 1.807) is 6.20 Å². The quantitative estimate of drug-likeness (QED) is 0.107. The molecule has 5 atom stereocenters. The lowest BCUT2D eigenvalue weighted by molar-refractivity contribution is -0.142. The van der Waals surface area contributed by atoms with Gasteiger partial charge in [-0.05, 0) is 47.9 Å². The SMILES string of the molecule is CCC(C)C(NC(=O)C(N)Cc1c[nH]c2ccccc12)C(=O)NC(CC(C)C)C(=O)NC(Cc1c[nH]c2ccccc12)C(=O)O. The first-order valence-electron chi connectivity index (χ1n) is 15.5. The number of rotatable bonds is 15. The van der Waals surface area contributed by atoms with Gasteiger partial charge in [-0.25, -0.2) is 4.79 Å². The molecule has 240 valence electrons. The van der Waals surface area contributed by atoms with Gasteiger partial charge >= 0.3 is 5.97 Å². The Bertz CT molecular complexity index is 1640. The van der Waals surface area contributed by atoms with E-state index in [9.17, 15) is 24.3 Å². The molecule has 4 rings (SSSR count). The molecule has 0 aliphatic carbocycles. The maximum atomic E-state index is 13.6. The van der Waals surface area contributed by atoms with Crippen LogP contribution in [-0.2, 0) is 32.0 Å². The predicted octanol–water partition coefficient (Wildman–Crippen LogP) is 3.39. The van der Waals surface area contributed by atoms with Gasteiger partial charge in [0.2, 0.25) is 17.7 Å². The monoisotopic (exact) mass is 616 g/mol. The lowest BCUT2D eigenvalue weighted by Crippen LogP contribution is -2.59. The zero-order valence-corrected chi connectivity index (χ0v) is 26.2.